The molecule has 0 radical (unpaired) electrons. The van der Waals surface area contributed by atoms with E-state index in [1.54, 1.807) is 0 Å². The molecule has 0 bridgehead atoms. The van der Waals surface area contributed by atoms with E-state index in [-0.39, 0.29) is 17.3 Å². The first-order chi connectivity index (χ1) is 12.6. The lowest BCUT2D eigenvalue weighted by Gasteiger charge is -2.32. The van der Waals surface area contributed by atoms with Crippen LogP contribution in [0, 0.1) is 5.92 Å². The van der Waals surface area contributed by atoms with E-state index in [2.05, 4.69) is 34.2 Å². The summed E-state index contributed by atoms with van der Waals surface area (Å²) in [5, 5.41) is 8.86. The number of aryl methyl sites for hydroxylation is 1. The number of carboxylic acid groups (broad SMARTS) is 1. The van der Waals surface area contributed by atoms with Gasteiger partial charge in [-0.05, 0) is 43.6 Å². The summed E-state index contributed by atoms with van der Waals surface area (Å²) in [5.41, 5.74) is 1.41. The molecule has 1 fully saturated rings. The summed E-state index contributed by atoms with van der Waals surface area (Å²) >= 11 is 0. The zero-order valence-corrected chi connectivity index (χ0v) is 14.7. The lowest BCUT2D eigenvalue weighted by atomic mass is 9.91. The summed E-state index contributed by atoms with van der Waals surface area (Å²) in [5.74, 6) is -0.808. The monoisotopic (exact) mass is 353 g/mol. The second kappa shape index (κ2) is 8.56. The van der Waals surface area contributed by atoms with Gasteiger partial charge in [-0.2, -0.15) is 0 Å². The van der Waals surface area contributed by atoms with Crippen LogP contribution in [0.4, 0.5) is 0 Å². The molecular weight excluding hydrogens is 330 g/mol. The Bertz CT molecular complexity index is 747. The molecule has 1 unspecified atom stereocenters. The molecule has 2 heterocycles. The number of likely N-dealkylation sites (tertiary alicyclic amines) is 1. The highest BCUT2D eigenvalue weighted by atomic mass is 16.4. The zero-order chi connectivity index (χ0) is 18.4. The van der Waals surface area contributed by atoms with Gasteiger partial charge in [-0.1, -0.05) is 30.3 Å². The zero-order valence-electron chi connectivity index (χ0n) is 14.7. The topological polar surface area (TPSA) is 83.4 Å². The van der Waals surface area contributed by atoms with Crippen LogP contribution in [0.3, 0.4) is 0 Å². The summed E-state index contributed by atoms with van der Waals surface area (Å²) in [6.45, 7) is 1.45. The van der Waals surface area contributed by atoms with Crippen LogP contribution in [0.5, 0.6) is 0 Å². The Hall–Kier alpha value is -2.76. The molecule has 0 spiro atoms. The summed E-state index contributed by atoms with van der Waals surface area (Å²) in [6, 6.07) is 10.5. The summed E-state index contributed by atoms with van der Waals surface area (Å²) in [4.78, 5) is 33.0. The molecule has 6 heteroatoms. The fourth-order valence-corrected chi connectivity index (χ4v) is 3.44. The van der Waals surface area contributed by atoms with Crippen molar-refractivity contribution >= 4 is 11.9 Å². The van der Waals surface area contributed by atoms with E-state index < -0.39 is 5.97 Å². The van der Waals surface area contributed by atoms with Crippen LogP contribution >= 0.6 is 0 Å². The van der Waals surface area contributed by atoms with E-state index >= 15 is 0 Å². The van der Waals surface area contributed by atoms with Gasteiger partial charge in [0.15, 0.2) is 5.69 Å². The molecule has 1 aliphatic heterocycles. The number of hydrogen-bond acceptors (Lipinski definition) is 4. The average Bonchev–Trinajstić information content (AvgIpc) is 2.68. The van der Waals surface area contributed by atoms with Crippen LogP contribution in [-0.2, 0) is 6.42 Å². The van der Waals surface area contributed by atoms with Crippen molar-refractivity contribution in [1.29, 1.82) is 0 Å². The highest BCUT2D eigenvalue weighted by Crippen LogP contribution is 2.23. The van der Waals surface area contributed by atoms with Crippen LogP contribution < -0.4 is 0 Å². The van der Waals surface area contributed by atoms with Gasteiger partial charge < -0.3 is 10.0 Å². The average molecular weight is 353 g/mol. The number of hydrogen-bond donors (Lipinski definition) is 1. The van der Waals surface area contributed by atoms with E-state index in [1.807, 2.05) is 11.0 Å². The molecule has 1 aromatic carbocycles. The standard InChI is InChI=1S/C20H23N3O3/c24-19(17-12-22-18(13-21-17)20(25)26)23-11-5-10-16(14-23)9-4-8-15-6-2-1-3-7-15/h1-3,6-7,12-13,16H,4-5,8-11,14H2,(H,25,26). The Kier molecular flexibility index (Phi) is 5.94. The van der Waals surface area contributed by atoms with Gasteiger partial charge in [0.1, 0.15) is 5.69 Å². The fourth-order valence-electron chi connectivity index (χ4n) is 3.44. The number of piperidine rings is 1. The molecule has 1 aliphatic rings. The lowest BCUT2D eigenvalue weighted by Crippen LogP contribution is -2.40. The number of carbonyl (C=O) groups excluding carboxylic acids is 1. The number of carbonyl (C=O) groups is 2. The first-order valence-electron chi connectivity index (χ1n) is 9.02. The van der Waals surface area contributed by atoms with Crippen molar-refractivity contribution in [2.45, 2.75) is 32.1 Å². The summed E-state index contributed by atoms with van der Waals surface area (Å²) < 4.78 is 0. The number of aromatic nitrogens is 2. The second-order valence-corrected chi connectivity index (χ2v) is 6.73. The smallest absolute Gasteiger partial charge is 0.356 e. The molecule has 26 heavy (non-hydrogen) atoms. The number of amides is 1. The molecule has 2 aromatic rings. The molecule has 1 N–H and O–H groups in total. The van der Waals surface area contributed by atoms with E-state index in [0.717, 1.165) is 51.4 Å². The Morgan fingerprint density at radius 2 is 1.85 bits per heavy atom. The number of benzene rings is 1. The Labute approximate surface area is 152 Å². The molecular formula is C20H23N3O3. The van der Waals surface area contributed by atoms with Gasteiger partial charge in [-0.25, -0.2) is 14.8 Å². The van der Waals surface area contributed by atoms with Crippen molar-refractivity contribution in [2.24, 2.45) is 5.92 Å². The molecule has 6 nitrogen and oxygen atoms in total. The maximum Gasteiger partial charge on any atom is 0.356 e. The third kappa shape index (κ3) is 4.65. The fraction of sp³-hybridized carbons (Fsp3) is 0.400. The molecule has 1 atom stereocenters. The Morgan fingerprint density at radius 3 is 2.54 bits per heavy atom. The van der Waals surface area contributed by atoms with E-state index in [9.17, 15) is 9.59 Å². The van der Waals surface area contributed by atoms with Crippen LogP contribution in [-0.4, -0.2) is 44.9 Å². The Morgan fingerprint density at radius 1 is 1.12 bits per heavy atom. The predicted octanol–water partition coefficient (Wildman–Crippen LogP) is 3.05. The third-order valence-corrected chi connectivity index (χ3v) is 4.82. The van der Waals surface area contributed by atoms with E-state index in [4.69, 9.17) is 5.11 Å². The van der Waals surface area contributed by atoms with Gasteiger partial charge in [-0.3, -0.25) is 4.79 Å². The molecule has 3 rings (SSSR count). The van der Waals surface area contributed by atoms with Gasteiger partial charge in [0.2, 0.25) is 0 Å². The molecule has 0 aliphatic carbocycles. The largest absolute Gasteiger partial charge is 0.476 e. The normalized spacial score (nSPS) is 17.1. The predicted molar refractivity (Wildman–Crippen MR) is 97.0 cm³/mol. The van der Waals surface area contributed by atoms with Gasteiger partial charge in [0, 0.05) is 13.1 Å². The first-order valence-corrected chi connectivity index (χ1v) is 9.02. The van der Waals surface area contributed by atoms with E-state index in [0.29, 0.717) is 5.92 Å². The molecule has 1 aromatic heterocycles. The van der Waals surface area contributed by atoms with Crippen molar-refractivity contribution < 1.29 is 14.7 Å². The van der Waals surface area contributed by atoms with Crippen molar-refractivity contribution in [3.63, 3.8) is 0 Å². The van der Waals surface area contributed by atoms with Gasteiger partial charge in [0.25, 0.3) is 5.91 Å². The maximum atomic E-state index is 12.6. The summed E-state index contributed by atoms with van der Waals surface area (Å²) in [6.07, 6.45) is 7.80. The van der Waals surface area contributed by atoms with Crippen LogP contribution in [0.2, 0.25) is 0 Å². The van der Waals surface area contributed by atoms with Gasteiger partial charge >= 0.3 is 5.97 Å². The first kappa shape index (κ1) is 18.0. The van der Waals surface area contributed by atoms with Crippen LogP contribution in [0.1, 0.15) is 52.2 Å². The maximum absolute atomic E-state index is 12.6. The van der Waals surface area contributed by atoms with Crippen molar-refractivity contribution in [3.8, 4) is 0 Å². The van der Waals surface area contributed by atoms with Gasteiger partial charge in [0.05, 0.1) is 12.4 Å². The van der Waals surface area contributed by atoms with E-state index in [1.165, 1.54) is 11.8 Å². The highest BCUT2D eigenvalue weighted by Gasteiger charge is 2.25. The van der Waals surface area contributed by atoms with Crippen molar-refractivity contribution in [3.05, 3.63) is 59.7 Å². The molecule has 136 valence electrons. The number of carboxylic acids is 1. The van der Waals surface area contributed by atoms with Crippen LogP contribution in [0.15, 0.2) is 42.7 Å². The SMILES string of the molecule is O=C(O)c1cnc(C(=O)N2CCCC(CCCc3ccccc3)C2)cn1. The van der Waals surface area contributed by atoms with Crippen molar-refractivity contribution in [2.75, 3.05) is 13.1 Å². The lowest BCUT2D eigenvalue weighted by molar-refractivity contribution is 0.0653. The second-order valence-electron chi connectivity index (χ2n) is 6.73. The number of rotatable bonds is 6. The molecule has 1 saturated heterocycles. The molecule has 1 amide bonds. The minimum absolute atomic E-state index is 0.154. The Balaban J connectivity index is 1.52. The summed E-state index contributed by atoms with van der Waals surface area (Å²) in [7, 11) is 0. The third-order valence-electron chi connectivity index (χ3n) is 4.82. The quantitative estimate of drug-likeness (QED) is 0.863. The van der Waals surface area contributed by atoms with Crippen LogP contribution in [0.25, 0.3) is 0 Å². The highest BCUT2D eigenvalue weighted by molar-refractivity contribution is 5.92. The minimum Gasteiger partial charge on any atom is -0.476 e. The number of nitrogens with zero attached hydrogens (tertiary/aromatic N) is 3. The number of aromatic carboxylic acids is 1. The van der Waals surface area contributed by atoms with Crippen molar-refractivity contribution in [1.82, 2.24) is 14.9 Å². The van der Waals surface area contributed by atoms with Gasteiger partial charge in [-0.15, -0.1) is 0 Å². The molecule has 0 saturated carbocycles. The minimum atomic E-state index is -1.15.